The molecule has 0 saturated carbocycles. The van der Waals surface area contributed by atoms with Gasteiger partial charge in [0.05, 0.1) is 11.1 Å². The number of amides is 1. The van der Waals surface area contributed by atoms with Crippen LogP contribution in [0.1, 0.15) is 43.1 Å². The lowest BCUT2D eigenvalue weighted by Crippen LogP contribution is -2.22. The van der Waals surface area contributed by atoms with E-state index in [4.69, 9.17) is 0 Å². The Hall–Kier alpha value is -2.11. The molecule has 6 nitrogen and oxygen atoms in total. The molecular formula is C13H18N4O2. The topological polar surface area (TPSA) is 79.8 Å². The zero-order valence-electron chi connectivity index (χ0n) is 11.4. The van der Waals surface area contributed by atoms with Crippen molar-refractivity contribution in [3.05, 3.63) is 28.3 Å². The summed E-state index contributed by atoms with van der Waals surface area (Å²) in [6.07, 6.45) is 3.18. The summed E-state index contributed by atoms with van der Waals surface area (Å²) in [5.74, 6) is -0.209. The zero-order chi connectivity index (χ0) is 14.0. The highest BCUT2D eigenvalue weighted by atomic mass is 16.2. The van der Waals surface area contributed by atoms with Gasteiger partial charge in [-0.1, -0.05) is 13.8 Å². The molecule has 0 spiro atoms. The van der Waals surface area contributed by atoms with Crippen LogP contribution in [0.25, 0.3) is 11.2 Å². The van der Waals surface area contributed by atoms with Crippen LogP contribution in [0.3, 0.4) is 0 Å². The highest BCUT2D eigenvalue weighted by molar-refractivity contribution is 5.96. The van der Waals surface area contributed by atoms with E-state index in [1.165, 1.54) is 6.20 Å². The summed E-state index contributed by atoms with van der Waals surface area (Å²) in [4.78, 5) is 30.5. The minimum absolute atomic E-state index is 0.114. The third kappa shape index (κ3) is 2.25. The highest BCUT2D eigenvalue weighted by Gasteiger charge is 2.16. The van der Waals surface area contributed by atoms with Gasteiger partial charge in [-0.2, -0.15) is 0 Å². The Morgan fingerprint density at radius 1 is 1.47 bits per heavy atom. The Morgan fingerprint density at radius 2 is 2.16 bits per heavy atom. The number of nitrogens with zero attached hydrogens (tertiary/aromatic N) is 2. The molecule has 0 aliphatic rings. The molecule has 0 aromatic carbocycles. The van der Waals surface area contributed by atoms with Gasteiger partial charge in [0, 0.05) is 19.3 Å². The van der Waals surface area contributed by atoms with E-state index in [2.05, 4.69) is 15.3 Å². The summed E-state index contributed by atoms with van der Waals surface area (Å²) in [6.45, 7) is 4.07. The van der Waals surface area contributed by atoms with Crippen molar-refractivity contribution in [2.24, 2.45) is 0 Å². The molecule has 0 aliphatic carbocycles. The van der Waals surface area contributed by atoms with Crippen molar-refractivity contribution in [2.45, 2.75) is 32.7 Å². The number of carbonyl (C=O) groups is 1. The average molecular weight is 262 g/mol. The molecule has 1 amide bonds. The molecule has 2 aromatic rings. The first kappa shape index (κ1) is 13.3. The molecule has 0 unspecified atom stereocenters. The molecule has 0 fully saturated rings. The maximum absolute atomic E-state index is 12.0. The fourth-order valence-corrected chi connectivity index (χ4v) is 2.29. The highest BCUT2D eigenvalue weighted by Crippen LogP contribution is 2.19. The van der Waals surface area contributed by atoms with Crippen LogP contribution in [-0.2, 0) is 0 Å². The van der Waals surface area contributed by atoms with E-state index >= 15 is 0 Å². The van der Waals surface area contributed by atoms with Crippen molar-refractivity contribution in [2.75, 3.05) is 7.05 Å². The van der Waals surface area contributed by atoms with Gasteiger partial charge in [-0.3, -0.25) is 14.3 Å². The molecule has 0 saturated heterocycles. The summed E-state index contributed by atoms with van der Waals surface area (Å²) in [5.41, 5.74) is 1.48. The van der Waals surface area contributed by atoms with Crippen molar-refractivity contribution >= 4 is 17.1 Å². The van der Waals surface area contributed by atoms with Gasteiger partial charge < -0.3 is 5.32 Å². The second-order valence-corrected chi connectivity index (χ2v) is 4.44. The Morgan fingerprint density at radius 3 is 2.74 bits per heavy atom. The summed E-state index contributed by atoms with van der Waals surface area (Å²) in [6, 6.07) is 1.82. The molecule has 2 heterocycles. The fourth-order valence-electron chi connectivity index (χ4n) is 2.29. The van der Waals surface area contributed by atoms with Crippen LogP contribution in [0.5, 0.6) is 0 Å². The molecular weight excluding hydrogens is 244 g/mol. The summed E-state index contributed by atoms with van der Waals surface area (Å²) in [5, 5.41) is 2.55. The normalized spacial score (nSPS) is 11.2. The summed E-state index contributed by atoms with van der Waals surface area (Å²) in [7, 11) is 1.57. The first-order valence-electron chi connectivity index (χ1n) is 6.44. The van der Waals surface area contributed by atoms with Crippen LogP contribution < -0.4 is 11.0 Å². The predicted octanol–water partition coefficient (Wildman–Crippen LogP) is 1.45. The van der Waals surface area contributed by atoms with Crippen LogP contribution in [0.15, 0.2) is 17.1 Å². The predicted molar refractivity (Wildman–Crippen MR) is 73.4 cm³/mol. The van der Waals surface area contributed by atoms with Gasteiger partial charge in [0.2, 0.25) is 0 Å². The fraction of sp³-hybridized carbons (Fsp3) is 0.462. The van der Waals surface area contributed by atoms with Gasteiger partial charge in [-0.05, 0) is 18.9 Å². The van der Waals surface area contributed by atoms with Gasteiger partial charge in [-0.15, -0.1) is 0 Å². The zero-order valence-corrected chi connectivity index (χ0v) is 11.4. The number of nitrogens with one attached hydrogen (secondary N) is 2. The van der Waals surface area contributed by atoms with E-state index in [-0.39, 0.29) is 17.6 Å². The van der Waals surface area contributed by atoms with Gasteiger partial charge in [-0.25, -0.2) is 9.78 Å². The Balaban J connectivity index is 2.65. The van der Waals surface area contributed by atoms with E-state index < -0.39 is 0 Å². The summed E-state index contributed by atoms with van der Waals surface area (Å²) < 4.78 is 1.69. The molecule has 0 bridgehead atoms. The lowest BCUT2D eigenvalue weighted by molar-refractivity contribution is 0.0963. The number of rotatable bonds is 4. The first-order chi connectivity index (χ1) is 9.12. The standard InChI is InChI=1S/C13H18N4O2/c1-4-9(5-2)17-10-6-8(12(18)14-3)7-15-11(10)16-13(17)19/h6-7,9H,4-5H2,1-3H3,(H,14,18)(H,15,16,19). The number of fused-ring (bicyclic) bond motifs is 1. The monoisotopic (exact) mass is 262 g/mol. The van der Waals surface area contributed by atoms with E-state index in [1.807, 2.05) is 13.8 Å². The molecule has 0 aliphatic heterocycles. The maximum atomic E-state index is 12.0. The van der Waals surface area contributed by atoms with E-state index in [1.54, 1.807) is 17.7 Å². The van der Waals surface area contributed by atoms with Crippen LogP contribution in [0.4, 0.5) is 0 Å². The van der Waals surface area contributed by atoms with Crippen molar-refractivity contribution in [3.8, 4) is 0 Å². The molecule has 102 valence electrons. The Bertz CT molecular complexity index is 652. The Labute approximate surface area is 110 Å². The molecule has 2 rings (SSSR count). The second kappa shape index (κ2) is 5.26. The molecule has 2 N–H and O–H groups in total. The number of hydrogen-bond acceptors (Lipinski definition) is 3. The second-order valence-electron chi connectivity index (χ2n) is 4.44. The van der Waals surface area contributed by atoms with Crippen LogP contribution in [0, 0.1) is 0 Å². The number of hydrogen-bond donors (Lipinski definition) is 2. The number of pyridine rings is 1. The lowest BCUT2D eigenvalue weighted by atomic mass is 10.1. The summed E-state index contributed by atoms with van der Waals surface area (Å²) >= 11 is 0. The quantitative estimate of drug-likeness (QED) is 0.875. The SMILES string of the molecule is CCC(CC)n1c(=O)[nH]c2ncc(C(=O)NC)cc21. The largest absolute Gasteiger partial charge is 0.355 e. The first-order valence-corrected chi connectivity index (χ1v) is 6.44. The number of imidazole rings is 1. The van der Waals surface area contributed by atoms with Crippen molar-refractivity contribution < 1.29 is 4.79 Å². The molecule has 19 heavy (non-hydrogen) atoms. The van der Waals surface area contributed by atoms with Gasteiger partial charge in [0.15, 0.2) is 5.65 Å². The number of carbonyl (C=O) groups excluding carboxylic acids is 1. The molecule has 2 aromatic heterocycles. The van der Waals surface area contributed by atoms with Crippen LogP contribution in [-0.4, -0.2) is 27.5 Å². The van der Waals surface area contributed by atoms with Gasteiger partial charge in [0.1, 0.15) is 0 Å². The van der Waals surface area contributed by atoms with E-state index in [0.717, 1.165) is 12.8 Å². The van der Waals surface area contributed by atoms with E-state index in [9.17, 15) is 9.59 Å². The Kier molecular flexibility index (Phi) is 3.69. The van der Waals surface area contributed by atoms with Crippen molar-refractivity contribution in [1.82, 2.24) is 19.9 Å². The van der Waals surface area contributed by atoms with Gasteiger partial charge in [0.25, 0.3) is 5.91 Å². The third-order valence-electron chi connectivity index (χ3n) is 3.37. The molecule has 0 radical (unpaired) electrons. The van der Waals surface area contributed by atoms with Crippen molar-refractivity contribution in [1.29, 1.82) is 0 Å². The van der Waals surface area contributed by atoms with Crippen LogP contribution in [0.2, 0.25) is 0 Å². The maximum Gasteiger partial charge on any atom is 0.327 e. The smallest absolute Gasteiger partial charge is 0.327 e. The lowest BCUT2D eigenvalue weighted by Gasteiger charge is -2.14. The number of aromatic nitrogens is 3. The van der Waals surface area contributed by atoms with Crippen molar-refractivity contribution in [3.63, 3.8) is 0 Å². The minimum Gasteiger partial charge on any atom is -0.355 e. The number of H-pyrrole nitrogens is 1. The van der Waals surface area contributed by atoms with Crippen LogP contribution >= 0.6 is 0 Å². The number of aromatic amines is 1. The van der Waals surface area contributed by atoms with E-state index in [0.29, 0.717) is 16.7 Å². The minimum atomic E-state index is -0.209. The third-order valence-corrected chi connectivity index (χ3v) is 3.37. The molecule has 6 heteroatoms. The molecule has 0 atom stereocenters. The average Bonchev–Trinajstić information content (AvgIpc) is 2.75. The van der Waals surface area contributed by atoms with Gasteiger partial charge >= 0.3 is 5.69 Å².